The van der Waals surface area contributed by atoms with Gasteiger partial charge in [-0.3, -0.25) is 0 Å². The van der Waals surface area contributed by atoms with Crippen molar-refractivity contribution in [1.82, 2.24) is 0 Å². The van der Waals surface area contributed by atoms with E-state index in [1.54, 1.807) is 6.92 Å². The van der Waals surface area contributed by atoms with Crippen molar-refractivity contribution in [1.29, 1.82) is 0 Å². The summed E-state index contributed by atoms with van der Waals surface area (Å²) in [6.45, 7) is 9.95. The highest BCUT2D eigenvalue weighted by atomic mass is 16.5. The van der Waals surface area contributed by atoms with Crippen LogP contribution in [0.2, 0.25) is 0 Å². The molecule has 0 radical (unpaired) electrons. The number of esters is 1. The molecule has 0 N–H and O–H groups in total. The number of carbonyl (C=O) groups excluding carboxylic acids is 1. The van der Waals surface area contributed by atoms with Crippen LogP contribution in [0.1, 0.15) is 40.2 Å². The van der Waals surface area contributed by atoms with Crippen molar-refractivity contribution >= 4 is 11.5 Å². The lowest BCUT2D eigenvalue weighted by Gasteiger charge is -2.07. The van der Waals surface area contributed by atoms with Crippen LogP contribution >= 0.6 is 0 Å². The van der Waals surface area contributed by atoms with E-state index in [0.29, 0.717) is 12.2 Å². The van der Waals surface area contributed by atoms with Gasteiger partial charge in [-0.1, -0.05) is 44.2 Å². The maximum absolute atomic E-state index is 11.5. The quantitative estimate of drug-likeness (QED) is 0.582. The maximum atomic E-state index is 11.5. The zero-order chi connectivity index (χ0) is 13.3. The predicted molar refractivity (Wildman–Crippen MR) is 72.7 cm³/mol. The molecule has 2 nitrogen and oxygen atoms in total. The summed E-state index contributed by atoms with van der Waals surface area (Å²) in [4.78, 5) is 11.5. The average molecular weight is 234 g/mol. The van der Waals surface area contributed by atoms with Gasteiger partial charge >= 0.3 is 5.97 Å². The van der Waals surface area contributed by atoms with Crippen LogP contribution in [0.3, 0.4) is 0 Å². The fourth-order valence-corrected chi connectivity index (χ4v) is 1.30. The van der Waals surface area contributed by atoms with E-state index in [1.807, 2.05) is 58.0 Å². The second kappa shape index (κ2) is 8.57. The van der Waals surface area contributed by atoms with Crippen LogP contribution in [0.4, 0.5) is 0 Å². The zero-order valence-corrected chi connectivity index (χ0v) is 11.4. The van der Waals surface area contributed by atoms with Crippen molar-refractivity contribution in [3.8, 4) is 0 Å². The van der Waals surface area contributed by atoms with Crippen LogP contribution in [0, 0.1) is 0 Å². The van der Waals surface area contributed by atoms with Crippen LogP contribution in [-0.2, 0) is 9.53 Å². The van der Waals surface area contributed by atoms with Gasteiger partial charge in [0.15, 0.2) is 0 Å². The Kier molecular flexibility index (Phi) is 7.78. The van der Waals surface area contributed by atoms with Crippen LogP contribution in [0.5, 0.6) is 0 Å². The second-order valence-electron chi connectivity index (χ2n) is 3.34. The first-order valence-corrected chi connectivity index (χ1v) is 6.06. The summed E-state index contributed by atoms with van der Waals surface area (Å²) in [5.74, 6) is -0.237. The largest absolute Gasteiger partial charge is 0.463 e. The highest BCUT2D eigenvalue weighted by molar-refractivity contribution is 5.96. The lowest BCUT2D eigenvalue weighted by molar-refractivity contribution is -0.138. The zero-order valence-electron chi connectivity index (χ0n) is 11.4. The number of ether oxygens (including phenoxy) is 1. The van der Waals surface area contributed by atoms with E-state index < -0.39 is 0 Å². The van der Waals surface area contributed by atoms with Gasteiger partial charge < -0.3 is 4.74 Å². The van der Waals surface area contributed by atoms with Crippen molar-refractivity contribution < 1.29 is 9.53 Å². The Labute approximate surface area is 104 Å². The molecule has 0 amide bonds. The number of rotatable bonds is 3. The smallest absolute Gasteiger partial charge is 0.333 e. The Hall–Kier alpha value is -1.57. The van der Waals surface area contributed by atoms with E-state index in [4.69, 9.17) is 4.74 Å². The maximum Gasteiger partial charge on any atom is 0.333 e. The minimum absolute atomic E-state index is 0.237. The van der Waals surface area contributed by atoms with Crippen LogP contribution in [-0.4, -0.2) is 12.6 Å². The van der Waals surface area contributed by atoms with Gasteiger partial charge in [0.1, 0.15) is 0 Å². The lowest BCUT2D eigenvalue weighted by Crippen LogP contribution is -2.06. The van der Waals surface area contributed by atoms with E-state index in [9.17, 15) is 4.79 Å². The molecular weight excluding hydrogens is 212 g/mol. The van der Waals surface area contributed by atoms with Gasteiger partial charge in [0.25, 0.3) is 0 Å². The number of allylic oxidation sites excluding steroid dienone is 1. The third kappa shape index (κ3) is 4.85. The molecule has 0 aliphatic heterocycles. The van der Waals surface area contributed by atoms with Gasteiger partial charge in [-0.2, -0.15) is 0 Å². The van der Waals surface area contributed by atoms with E-state index in [1.165, 1.54) is 0 Å². The SMILES string of the molecule is CC.CCOC(=O)/C(C)=C(\C)c1ccccc1. The van der Waals surface area contributed by atoms with E-state index >= 15 is 0 Å². The summed E-state index contributed by atoms with van der Waals surface area (Å²) in [6.07, 6.45) is 0. The summed E-state index contributed by atoms with van der Waals surface area (Å²) in [5, 5.41) is 0. The first kappa shape index (κ1) is 15.4. The number of carbonyl (C=O) groups is 1. The van der Waals surface area contributed by atoms with Gasteiger partial charge in [-0.05, 0) is 31.9 Å². The summed E-state index contributed by atoms with van der Waals surface area (Å²) in [7, 11) is 0. The second-order valence-corrected chi connectivity index (χ2v) is 3.34. The Morgan fingerprint density at radius 2 is 1.65 bits per heavy atom. The Morgan fingerprint density at radius 1 is 1.12 bits per heavy atom. The topological polar surface area (TPSA) is 26.3 Å². The van der Waals surface area contributed by atoms with Crippen molar-refractivity contribution in [2.45, 2.75) is 34.6 Å². The Bertz CT molecular complexity index is 364. The third-order valence-electron chi connectivity index (χ3n) is 2.35. The van der Waals surface area contributed by atoms with Crippen molar-refractivity contribution in [3.05, 3.63) is 41.5 Å². The molecule has 1 aromatic rings. The first-order chi connectivity index (χ1) is 8.16. The molecule has 0 atom stereocenters. The molecule has 0 aromatic heterocycles. The molecule has 0 unspecified atom stereocenters. The molecule has 0 saturated carbocycles. The molecule has 17 heavy (non-hydrogen) atoms. The summed E-state index contributed by atoms with van der Waals surface area (Å²) < 4.78 is 4.95. The molecule has 1 rings (SSSR count). The van der Waals surface area contributed by atoms with Gasteiger partial charge in [-0.25, -0.2) is 4.79 Å². The standard InChI is InChI=1S/C13H16O2.C2H6/c1-4-15-13(14)11(3)10(2)12-8-6-5-7-9-12;1-2/h5-9H,4H2,1-3H3;1-2H3/b11-10+;. The summed E-state index contributed by atoms with van der Waals surface area (Å²) in [6, 6.07) is 9.83. The molecule has 1 aromatic carbocycles. The fraction of sp³-hybridized carbons (Fsp3) is 0.400. The lowest BCUT2D eigenvalue weighted by atomic mass is 10.0. The van der Waals surface area contributed by atoms with Gasteiger partial charge in [0.05, 0.1) is 6.61 Å². The normalized spacial score (nSPS) is 10.9. The fourth-order valence-electron chi connectivity index (χ4n) is 1.30. The van der Waals surface area contributed by atoms with E-state index in [-0.39, 0.29) is 5.97 Å². The van der Waals surface area contributed by atoms with Crippen LogP contribution in [0.15, 0.2) is 35.9 Å². The summed E-state index contributed by atoms with van der Waals surface area (Å²) >= 11 is 0. The monoisotopic (exact) mass is 234 g/mol. The number of hydrogen-bond acceptors (Lipinski definition) is 2. The minimum atomic E-state index is -0.237. The third-order valence-corrected chi connectivity index (χ3v) is 2.35. The van der Waals surface area contributed by atoms with Crippen molar-refractivity contribution in [2.75, 3.05) is 6.61 Å². The molecule has 94 valence electrons. The average Bonchev–Trinajstić information content (AvgIpc) is 2.40. The Balaban J connectivity index is 0.00000121. The minimum Gasteiger partial charge on any atom is -0.463 e. The van der Waals surface area contributed by atoms with Crippen LogP contribution < -0.4 is 0 Å². The molecule has 2 heteroatoms. The molecule has 0 aliphatic carbocycles. The van der Waals surface area contributed by atoms with Gasteiger partial charge in [0, 0.05) is 5.57 Å². The van der Waals surface area contributed by atoms with Gasteiger partial charge in [0.2, 0.25) is 0 Å². The van der Waals surface area contributed by atoms with Crippen LogP contribution in [0.25, 0.3) is 5.57 Å². The molecule has 0 aliphatic rings. The highest BCUT2D eigenvalue weighted by Crippen LogP contribution is 2.18. The Morgan fingerprint density at radius 3 is 2.12 bits per heavy atom. The summed E-state index contributed by atoms with van der Waals surface area (Å²) in [5.41, 5.74) is 2.69. The van der Waals surface area contributed by atoms with Crippen molar-refractivity contribution in [3.63, 3.8) is 0 Å². The molecular formula is C15H22O2. The number of hydrogen-bond donors (Lipinski definition) is 0. The molecule has 0 fully saturated rings. The van der Waals surface area contributed by atoms with Crippen molar-refractivity contribution in [2.24, 2.45) is 0 Å². The van der Waals surface area contributed by atoms with E-state index in [0.717, 1.165) is 11.1 Å². The first-order valence-electron chi connectivity index (χ1n) is 6.06. The molecule has 0 bridgehead atoms. The van der Waals surface area contributed by atoms with Gasteiger partial charge in [-0.15, -0.1) is 0 Å². The number of benzene rings is 1. The molecule has 0 spiro atoms. The molecule has 0 saturated heterocycles. The predicted octanol–water partition coefficient (Wildman–Crippen LogP) is 4.07. The molecule has 0 heterocycles. The van der Waals surface area contributed by atoms with E-state index in [2.05, 4.69) is 0 Å². The highest BCUT2D eigenvalue weighted by Gasteiger charge is 2.09.